The molecule has 0 atom stereocenters. The van der Waals surface area contributed by atoms with E-state index < -0.39 is 0 Å². The van der Waals surface area contributed by atoms with Crippen LogP contribution in [0.15, 0.2) is 42.5 Å². The number of aryl methyl sites for hydroxylation is 2. The lowest BCUT2D eigenvalue weighted by atomic mass is 9.86. The maximum atomic E-state index is 12.3. The largest absolute Gasteiger partial charge is 0.376 e. The topological polar surface area (TPSA) is 41.1 Å². The summed E-state index contributed by atoms with van der Waals surface area (Å²) in [6, 6.07) is 14.1. The fourth-order valence-corrected chi connectivity index (χ4v) is 2.70. The second kappa shape index (κ2) is 6.86. The lowest BCUT2D eigenvalue weighted by molar-refractivity contribution is -0.114. The summed E-state index contributed by atoms with van der Waals surface area (Å²) >= 11 is 0. The Morgan fingerprint density at radius 3 is 2.17 bits per heavy atom. The van der Waals surface area contributed by atoms with Crippen LogP contribution in [-0.2, 0) is 10.2 Å². The maximum Gasteiger partial charge on any atom is 0.243 e. The summed E-state index contributed by atoms with van der Waals surface area (Å²) in [5.74, 6) is -0.0376. The van der Waals surface area contributed by atoms with Crippen LogP contribution in [0, 0.1) is 13.8 Å². The highest BCUT2D eigenvalue weighted by Crippen LogP contribution is 2.29. The molecule has 2 N–H and O–H groups in total. The van der Waals surface area contributed by atoms with Crippen LogP contribution in [0.3, 0.4) is 0 Å². The summed E-state index contributed by atoms with van der Waals surface area (Å²) in [4.78, 5) is 12.3. The van der Waals surface area contributed by atoms with Crippen molar-refractivity contribution in [2.75, 3.05) is 17.2 Å². The molecule has 0 aromatic heterocycles. The van der Waals surface area contributed by atoms with Crippen LogP contribution in [-0.4, -0.2) is 12.5 Å². The van der Waals surface area contributed by atoms with E-state index in [2.05, 4.69) is 37.5 Å². The Bertz CT molecular complexity index is 679. The average Bonchev–Trinajstić information content (AvgIpc) is 2.46. The third kappa shape index (κ3) is 4.35. The lowest BCUT2D eigenvalue weighted by Crippen LogP contribution is -2.24. The molecule has 0 unspecified atom stereocenters. The predicted octanol–water partition coefficient (Wildman–Crippen LogP) is 4.65. The van der Waals surface area contributed by atoms with E-state index in [4.69, 9.17) is 0 Å². The van der Waals surface area contributed by atoms with Crippen molar-refractivity contribution in [2.45, 2.75) is 40.0 Å². The van der Waals surface area contributed by atoms with Gasteiger partial charge in [0.2, 0.25) is 5.91 Å². The summed E-state index contributed by atoms with van der Waals surface area (Å²) in [7, 11) is 0. The Balaban J connectivity index is 2.07. The number of anilines is 2. The molecule has 122 valence electrons. The fourth-order valence-electron chi connectivity index (χ4n) is 2.70. The molecule has 0 aliphatic carbocycles. The number of hydrogen-bond acceptors (Lipinski definition) is 2. The Morgan fingerprint density at radius 2 is 1.57 bits per heavy atom. The SMILES string of the molecule is Cc1cccc(C)c1NCC(=O)Nc1ccccc1C(C)(C)C. The predicted molar refractivity (Wildman–Crippen MR) is 98.2 cm³/mol. The molecule has 0 saturated carbocycles. The Kier molecular flexibility index (Phi) is 5.09. The Morgan fingerprint density at radius 1 is 0.957 bits per heavy atom. The molecule has 3 nitrogen and oxygen atoms in total. The van der Waals surface area contributed by atoms with Crippen molar-refractivity contribution < 1.29 is 4.79 Å². The van der Waals surface area contributed by atoms with Gasteiger partial charge in [-0.05, 0) is 42.0 Å². The highest BCUT2D eigenvalue weighted by molar-refractivity contribution is 5.94. The second-order valence-electron chi connectivity index (χ2n) is 6.96. The van der Waals surface area contributed by atoms with E-state index in [1.54, 1.807) is 0 Å². The van der Waals surface area contributed by atoms with Gasteiger partial charge in [0, 0.05) is 11.4 Å². The van der Waals surface area contributed by atoms with E-state index in [0.29, 0.717) is 0 Å². The Hall–Kier alpha value is -2.29. The van der Waals surface area contributed by atoms with Crippen LogP contribution in [0.2, 0.25) is 0 Å². The van der Waals surface area contributed by atoms with Gasteiger partial charge in [0.1, 0.15) is 0 Å². The van der Waals surface area contributed by atoms with Crippen molar-refractivity contribution in [1.82, 2.24) is 0 Å². The van der Waals surface area contributed by atoms with Crippen LogP contribution >= 0.6 is 0 Å². The highest BCUT2D eigenvalue weighted by atomic mass is 16.1. The lowest BCUT2D eigenvalue weighted by Gasteiger charge is -2.23. The van der Waals surface area contributed by atoms with E-state index >= 15 is 0 Å². The molecule has 0 heterocycles. The molecule has 0 spiro atoms. The molecule has 0 saturated heterocycles. The molecule has 2 aromatic rings. The van der Waals surface area contributed by atoms with E-state index in [-0.39, 0.29) is 17.9 Å². The zero-order chi connectivity index (χ0) is 17.0. The first-order valence-corrected chi connectivity index (χ1v) is 7.98. The van der Waals surface area contributed by atoms with Crippen molar-refractivity contribution >= 4 is 17.3 Å². The van der Waals surface area contributed by atoms with E-state index in [1.807, 2.05) is 50.2 Å². The molecular weight excluding hydrogens is 284 g/mol. The third-order valence-electron chi connectivity index (χ3n) is 3.92. The van der Waals surface area contributed by atoms with E-state index in [0.717, 1.165) is 28.1 Å². The average molecular weight is 310 g/mol. The summed E-state index contributed by atoms with van der Waals surface area (Å²) in [5, 5.41) is 6.27. The summed E-state index contributed by atoms with van der Waals surface area (Å²) in [5.41, 5.74) is 5.34. The first kappa shape index (κ1) is 17.1. The number of amides is 1. The van der Waals surface area contributed by atoms with E-state index in [1.165, 1.54) is 0 Å². The van der Waals surface area contributed by atoms with Gasteiger partial charge in [0.15, 0.2) is 0 Å². The van der Waals surface area contributed by atoms with Crippen LogP contribution in [0.1, 0.15) is 37.5 Å². The van der Waals surface area contributed by atoms with Gasteiger partial charge < -0.3 is 10.6 Å². The quantitative estimate of drug-likeness (QED) is 0.863. The zero-order valence-electron chi connectivity index (χ0n) is 14.7. The number of carbonyl (C=O) groups is 1. The molecular formula is C20H26N2O. The zero-order valence-corrected chi connectivity index (χ0v) is 14.7. The van der Waals surface area contributed by atoms with Crippen LogP contribution < -0.4 is 10.6 Å². The molecule has 0 bridgehead atoms. The molecule has 2 rings (SSSR count). The normalized spacial score (nSPS) is 11.2. The minimum absolute atomic E-state index is 0.0100. The van der Waals surface area contributed by atoms with Gasteiger partial charge in [-0.2, -0.15) is 0 Å². The minimum Gasteiger partial charge on any atom is -0.376 e. The molecule has 0 aliphatic heterocycles. The van der Waals surface area contributed by atoms with Crippen molar-refractivity contribution in [2.24, 2.45) is 0 Å². The van der Waals surface area contributed by atoms with E-state index in [9.17, 15) is 4.79 Å². The van der Waals surface area contributed by atoms with Gasteiger partial charge in [-0.1, -0.05) is 57.2 Å². The fraction of sp³-hybridized carbons (Fsp3) is 0.350. The molecule has 2 aromatic carbocycles. The van der Waals surface area contributed by atoms with Crippen LogP contribution in [0.5, 0.6) is 0 Å². The monoisotopic (exact) mass is 310 g/mol. The molecule has 1 amide bonds. The highest BCUT2D eigenvalue weighted by Gasteiger charge is 2.18. The van der Waals surface area contributed by atoms with Gasteiger partial charge >= 0.3 is 0 Å². The summed E-state index contributed by atoms with van der Waals surface area (Å²) < 4.78 is 0. The minimum atomic E-state index is -0.0376. The standard InChI is InChI=1S/C20H26N2O/c1-14-9-8-10-15(2)19(14)21-13-18(23)22-17-12-7-6-11-16(17)20(3,4)5/h6-12,21H,13H2,1-5H3,(H,22,23). The number of para-hydroxylation sites is 2. The van der Waals surface area contributed by atoms with Gasteiger partial charge in [-0.25, -0.2) is 0 Å². The second-order valence-corrected chi connectivity index (χ2v) is 6.96. The summed E-state index contributed by atoms with van der Waals surface area (Å²) in [6.45, 7) is 10.8. The molecule has 0 radical (unpaired) electrons. The number of benzene rings is 2. The first-order chi connectivity index (χ1) is 10.8. The number of rotatable bonds is 4. The Labute approximate surface area is 139 Å². The molecule has 23 heavy (non-hydrogen) atoms. The van der Waals surface area contributed by atoms with Gasteiger partial charge in [-0.15, -0.1) is 0 Å². The van der Waals surface area contributed by atoms with Gasteiger partial charge in [0.25, 0.3) is 0 Å². The van der Waals surface area contributed by atoms with Gasteiger partial charge in [-0.3, -0.25) is 4.79 Å². The van der Waals surface area contributed by atoms with Crippen molar-refractivity contribution in [1.29, 1.82) is 0 Å². The van der Waals surface area contributed by atoms with Crippen LogP contribution in [0.25, 0.3) is 0 Å². The first-order valence-electron chi connectivity index (χ1n) is 7.98. The third-order valence-corrected chi connectivity index (χ3v) is 3.92. The smallest absolute Gasteiger partial charge is 0.243 e. The van der Waals surface area contributed by atoms with Crippen molar-refractivity contribution in [3.05, 3.63) is 59.2 Å². The number of nitrogens with one attached hydrogen (secondary N) is 2. The van der Waals surface area contributed by atoms with Gasteiger partial charge in [0.05, 0.1) is 6.54 Å². The molecule has 3 heteroatoms. The molecule has 0 aliphatic rings. The summed E-state index contributed by atoms with van der Waals surface area (Å²) in [6.07, 6.45) is 0. The van der Waals surface area contributed by atoms with Crippen molar-refractivity contribution in [3.63, 3.8) is 0 Å². The molecule has 0 fully saturated rings. The number of carbonyl (C=O) groups excluding carboxylic acids is 1. The van der Waals surface area contributed by atoms with Crippen LogP contribution in [0.4, 0.5) is 11.4 Å². The maximum absolute atomic E-state index is 12.3. The number of hydrogen-bond donors (Lipinski definition) is 2. The van der Waals surface area contributed by atoms with Crippen molar-refractivity contribution in [3.8, 4) is 0 Å².